The van der Waals surface area contributed by atoms with Gasteiger partial charge in [-0.15, -0.1) is 11.4 Å². The van der Waals surface area contributed by atoms with Crippen LogP contribution in [-0.2, 0) is 17.1 Å². The van der Waals surface area contributed by atoms with E-state index in [1.165, 1.54) is 34.4 Å². The molecule has 0 aromatic heterocycles. The Morgan fingerprint density at radius 3 is 1.51 bits per heavy atom. The number of methoxy groups -OCH3 is 1. The number of para-hydroxylation sites is 2. The van der Waals surface area contributed by atoms with E-state index in [1.807, 2.05) is 0 Å². The molecule has 0 aliphatic rings. The van der Waals surface area contributed by atoms with E-state index in [1.54, 1.807) is 19.2 Å². The van der Waals surface area contributed by atoms with E-state index in [0.717, 1.165) is 28.5 Å². The Morgan fingerprint density at radius 2 is 1.12 bits per heavy atom. The molecular formula is C36H48CuN2O2. The molecule has 0 spiro atoms. The molecule has 5 heteroatoms. The fraction of sp³-hybridized carbons (Fsp3) is 0.417. The topological polar surface area (TPSA) is 58.8 Å². The number of ether oxygens (including phenoxy) is 1. The van der Waals surface area contributed by atoms with Crippen LogP contribution < -0.4 is 9.84 Å². The third kappa shape index (κ3) is 10.7. The molecule has 0 fully saturated rings. The maximum absolute atomic E-state index is 10.5. The van der Waals surface area contributed by atoms with E-state index in [4.69, 9.17) is 15.0 Å². The third-order valence-corrected chi connectivity index (χ3v) is 6.74. The van der Waals surface area contributed by atoms with Crippen molar-refractivity contribution < 1.29 is 26.9 Å². The predicted molar refractivity (Wildman–Crippen MR) is 171 cm³/mol. The van der Waals surface area contributed by atoms with Crippen molar-refractivity contribution in [1.82, 2.24) is 0 Å². The summed E-state index contributed by atoms with van der Waals surface area (Å²) < 4.78 is 4.83. The van der Waals surface area contributed by atoms with Gasteiger partial charge in [0.15, 0.2) is 0 Å². The molecule has 0 amide bonds. The van der Waals surface area contributed by atoms with E-state index < -0.39 is 0 Å². The number of rotatable bonds is 9. The summed E-state index contributed by atoms with van der Waals surface area (Å²) in [6, 6.07) is 19.4. The van der Waals surface area contributed by atoms with Gasteiger partial charge >= 0.3 is 17.1 Å². The van der Waals surface area contributed by atoms with Crippen molar-refractivity contribution in [3.05, 3.63) is 100 Å². The quantitative estimate of drug-likeness (QED) is 0.180. The summed E-state index contributed by atoms with van der Waals surface area (Å²) in [6.07, 6.45) is 2.11. The second kappa shape index (κ2) is 17.1. The van der Waals surface area contributed by atoms with Gasteiger partial charge in [-0.25, -0.2) is 0 Å². The van der Waals surface area contributed by atoms with Crippen LogP contribution in [0, 0.1) is 0 Å². The Morgan fingerprint density at radius 1 is 0.707 bits per heavy atom. The fourth-order valence-corrected chi connectivity index (χ4v) is 4.58. The Balaban J connectivity index is 0.000000714. The second-order valence-corrected chi connectivity index (χ2v) is 11.5. The zero-order valence-corrected chi connectivity index (χ0v) is 27.6. The zero-order chi connectivity index (χ0) is 30.0. The van der Waals surface area contributed by atoms with Crippen LogP contribution in [0.25, 0.3) is 5.32 Å². The molecule has 4 nitrogen and oxygen atoms in total. The van der Waals surface area contributed by atoms with Crippen LogP contribution in [0.2, 0.25) is 0 Å². The molecule has 0 atom stereocenters. The molecule has 0 saturated carbocycles. The van der Waals surface area contributed by atoms with Crippen LogP contribution in [0.5, 0.6) is 11.5 Å². The summed E-state index contributed by atoms with van der Waals surface area (Å²) in [7, 11) is 1.57. The molecule has 0 aliphatic carbocycles. The van der Waals surface area contributed by atoms with E-state index in [0.29, 0.717) is 23.7 Å². The first kappa shape index (κ1) is 36.0. The van der Waals surface area contributed by atoms with Gasteiger partial charge in [0, 0.05) is 5.71 Å². The summed E-state index contributed by atoms with van der Waals surface area (Å²) in [5, 5.41) is 15.6. The van der Waals surface area contributed by atoms with Gasteiger partial charge in [-0.1, -0.05) is 128 Å². The van der Waals surface area contributed by atoms with E-state index in [2.05, 4.69) is 112 Å². The Kier molecular flexibility index (Phi) is 15.0. The van der Waals surface area contributed by atoms with E-state index in [9.17, 15) is 5.11 Å². The molecule has 1 radical (unpaired) electrons. The standard InChI is InChI=1S/C29H41N2.C7H8O2.Cu/c1-18(2)24-13-11-14-25(19(3)4)28(24)30-22(9)17-23(10)31-29-26(20(5)6)15-12-16-27(29)21(7)8;1-9-7-4-2-6(8)3-5-7;/h11-21H,1-10H3;2-5,8H,1H3;/q-1;;+2/p-1/b22-17-,31-23?;;. The van der Waals surface area contributed by atoms with Crippen molar-refractivity contribution in [2.75, 3.05) is 7.11 Å². The van der Waals surface area contributed by atoms with Gasteiger partial charge in [-0.2, -0.15) is 5.70 Å². The second-order valence-electron chi connectivity index (χ2n) is 11.5. The van der Waals surface area contributed by atoms with E-state index in [-0.39, 0.29) is 22.8 Å². The van der Waals surface area contributed by atoms with Crippen molar-refractivity contribution in [3.63, 3.8) is 0 Å². The number of hydrogen-bond acceptors (Lipinski definition) is 3. The molecule has 0 saturated heterocycles. The number of benzene rings is 3. The van der Waals surface area contributed by atoms with Crippen molar-refractivity contribution in [2.24, 2.45) is 4.99 Å². The SMILES string of the molecule is CC(/C=C(/C)[N-]c1c(C(C)C)cccc1C(C)C)=Nc1c(C(C)C)cccc1C(C)C.COc1ccc([O-])cc1.[Cu+2]. The molecular weight excluding hydrogens is 556 g/mol. The average molecular weight is 604 g/mol. The number of hydrogen-bond donors (Lipinski definition) is 0. The van der Waals surface area contributed by atoms with Crippen LogP contribution in [-0.4, -0.2) is 12.8 Å². The van der Waals surface area contributed by atoms with Crippen molar-refractivity contribution in [1.29, 1.82) is 0 Å². The average Bonchev–Trinajstić information content (AvgIpc) is 2.89. The number of allylic oxidation sites excluding steroid dienone is 2. The molecule has 0 bridgehead atoms. The smallest absolute Gasteiger partial charge is 0.872 e. The summed E-state index contributed by atoms with van der Waals surface area (Å²) in [5.74, 6) is 2.47. The minimum absolute atomic E-state index is 0. The van der Waals surface area contributed by atoms with Crippen molar-refractivity contribution >= 4 is 17.1 Å². The Labute approximate surface area is 259 Å². The van der Waals surface area contributed by atoms with E-state index >= 15 is 0 Å². The first-order valence-corrected chi connectivity index (χ1v) is 14.4. The molecule has 3 rings (SSSR count). The van der Waals surface area contributed by atoms with Crippen LogP contribution in [0.4, 0.5) is 11.4 Å². The van der Waals surface area contributed by atoms with Crippen LogP contribution in [0.15, 0.2) is 77.4 Å². The van der Waals surface area contributed by atoms with Gasteiger partial charge < -0.3 is 15.2 Å². The molecule has 225 valence electrons. The maximum atomic E-state index is 10.5. The van der Waals surface area contributed by atoms with Crippen LogP contribution >= 0.6 is 0 Å². The molecule has 3 aromatic carbocycles. The van der Waals surface area contributed by atoms with Crippen molar-refractivity contribution in [2.45, 2.75) is 92.9 Å². The normalized spacial score (nSPS) is 11.9. The Hall–Kier alpha value is -3.01. The van der Waals surface area contributed by atoms with Crippen molar-refractivity contribution in [3.8, 4) is 11.5 Å². The molecule has 0 N–H and O–H groups in total. The first-order chi connectivity index (χ1) is 18.8. The predicted octanol–water partition coefficient (Wildman–Crippen LogP) is 10.6. The van der Waals surface area contributed by atoms with Gasteiger partial charge in [0.2, 0.25) is 0 Å². The van der Waals surface area contributed by atoms with Gasteiger partial charge in [0.1, 0.15) is 5.75 Å². The molecule has 3 aromatic rings. The molecule has 0 unspecified atom stereocenters. The van der Waals surface area contributed by atoms with Gasteiger partial charge in [0.05, 0.1) is 12.8 Å². The molecule has 0 aliphatic heterocycles. The van der Waals surface area contributed by atoms with Crippen LogP contribution in [0.3, 0.4) is 0 Å². The summed E-state index contributed by atoms with van der Waals surface area (Å²) >= 11 is 0. The number of nitrogens with zero attached hydrogens (tertiary/aromatic N) is 2. The third-order valence-electron chi connectivity index (χ3n) is 6.74. The maximum Gasteiger partial charge on any atom is 2.00 e. The fourth-order valence-electron chi connectivity index (χ4n) is 4.58. The molecule has 41 heavy (non-hydrogen) atoms. The molecule has 0 heterocycles. The largest absolute Gasteiger partial charge is 2.00 e. The monoisotopic (exact) mass is 603 g/mol. The number of aliphatic imine (C=N–C) groups is 1. The minimum Gasteiger partial charge on any atom is -0.872 e. The summed E-state index contributed by atoms with van der Waals surface area (Å²) in [4.78, 5) is 5.08. The zero-order valence-electron chi connectivity index (χ0n) is 26.7. The van der Waals surface area contributed by atoms with Gasteiger partial charge in [-0.3, -0.25) is 4.99 Å². The summed E-state index contributed by atoms with van der Waals surface area (Å²) in [5.41, 5.74) is 9.45. The Bertz CT molecular complexity index is 1240. The summed E-state index contributed by atoms with van der Waals surface area (Å²) in [6.45, 7) is 22.1. The van der Waals surface area contributed by atoms with Crippen LogP contribution in [0.1, 0.15) is 115 Å². The van der Waals surface area contributed by atoms with Gasteiger partial charge in [-0.05, 0) is 53.9 Å². The minimum atomic E-state index is 0. The first-order valence-electron chi connectivity index (χ1n) is 14.4. The van der Waals surface area contributed by atoms with Gasteiger partial charge in [0.25, 0.3) is 0 Å².